The van der Waals surface area contributed by atoms with Crippen molar-refractivity contribution >= 4 is 22.5 Å². The molecule has 23 heavy (non-hydrogen) atoms. The maximum atomic E-state index is 12.0. The number of aromatic amines is 1. The molecule has 9 nitrogen and oxygen atoms in total. The van der Waals surface area contributed by atoms with Crippen LogP contribution in [0.2, 0.25) is 0 Å². The Labute approximate surface area is 128 Å². The number of H-pyrrole nitrogens is 1. The number of nitrogens with one attached hydrogen (secondary N) is 1. The molecule has 0 aliphatic rings. The average molecular weight is 309 g/mol. The van der Waals surface area contributed by atoms with E-state index in [1.54, 1.807) is 25.2 Å². The fraction of sp³-hybridized carbons (Fsp3) is 0.0714. The van der Waals surface area contributed by atoms with Crippen LogP contribution in [-0.4, -0.2) is 35.0 Å². The molecule has 0 saturated heterocycles. The van der Waals surface area contributed by atoms with E-state index < -0.39 is 5.91 Å². The van der Waals surface area contributed by atoms with Gasteiger partial charge >= 0.3 is 5.69 Å². The summed E-state index contributed by atoms with van der Waals surface area (Å²) in [7, 11) is 1.56. The molecule has 0 bridgehead atoms. The lowest BCUT2D eigenvalue weighted by atomic mass is 10.2. The van der Waals surface area contributed by atoms with Crippen LogP contribution in [0, 0.1) is 0 Å². The number of carbonyl (C=O) groups is 1. The summed E-state index contributed by atoms with van der Waals surface area (Å²) in [5, 5.41) is 3.99. The summed E-state index contributed by atoms with van der Waals surface area (Å²) >= 11 is 0. The first kappa shape index (κ1) is 13.2. The predicted octanol–water partition coefficient (Wildman–Crippen LogP) is 0.0702. The maximum Gasteiger partial charge on any atom is 0.350 e. The number of amides is 1. The molecule has 1 amide bonds. The van der Waals surface area contributed by atoms with E-state index in [4.69, 9.17) is 5.73 Å². The van der Waals surface area contributed by atoms with Crippen LogP contribution in [0.1, 0.15) is 10.4 Å². The van der Waals surface area contributed by atoms with E-state index in [1.807, 2.05) is 0 Å². The molecule has 0 radical (unpaired) electrons. The molecule has 4 rings (SSSR count). The molecule has 0 saturated carbocycles. The molecule has 0 fully saturated rings. The van der Waals surface area contributed by atoms with E-state index in [2.05, 4.69) is 20.1 Å². The summed E-state index contributed by atoms with van der Waals surface area (Å²) in [6.45, 7) is 0. The zero-order chi connectivity index (χ0) is 16.1. The molecule has 0 atom stereocenters. The van der Waals surface area contributed by atoms with Gasteiger partial charge in [0.15, 0.2) is 5.82 Å². The van der Waals surface area contributed by atoms with Crippen molar-refractivity contribution in [2.45, 2.75) is 0 Å². The van der Waals surface area contributed by atoms with Crippen LogP contribution < -0.4 is 11.4 Å². The minimum Gasteiger partial charge on any atom is -0.366 e. The minimum absolute atomic E-state index is 0.310. The molecule has 9 heteroatoms. The topological polar surface area (TPSA) is 124 Å². The number of rotatable bonds is 2. The number of aromatic nitrogens is 6. The summed E-state index contributed by atoms with van der Waals surface area (Å²) < 4.78 is 2.59. The van der Waals surface area contributed by atoms with Crippen molar-refractivity contribution in [3.63, 3.8) is 0 Å². The lowest BCUT2D eigenvalue weighted by Gasteiger charge is -1.97. The number of nitrogens with zero attached hydrogens (tertiary/aromatic N) is 5. The van der Waals surface area contributed by atoms with E-state index >= 15 is 0 Å². The summed E-state index contributed by atoms with van der Waals surface area (Å²) in [5.74, 6) is -0.120. The lowest BCUT2D eigenvalue weighted by molar-refractivity contribution is 0.100. The molecule has 3 N–H and O–H groups in total. The SMILES string of the molecule is Cn1ncc2c(-c3nc4c(C(N)=O)cccc4[nH]3)ncn2c1=O. The summed E-state index contributed by atoms with van der Waals surface area (Å²) in [5.41, 5.74) is 7.50. The molecule has 3 heterocycles. The van der Waals surface area contributed by atoms with Gasteiger partial charge < -0.3 is 10.7 Å². The molecule has 4 aromatic rings. The second kappa shape index (κ2) is 4.50. The third-order valence-electron chi connectivity index (χ3n) is 3.64. The van der Waals surface area contributed by atoms with Gasteiger partial charge in [-0.2, -0.15) is 5.10 Å². The van der Waals surface area contributed by atoms with Gasteiger partial charge in [0.1, 0.15) is 23.1 Å². The van der Waals surface area contributed by atoms with Gasteiger partial charge in [-0.25, -0.2) is 23.8 Å². The van der Waals surface area contributed by atoms with Crippen LogP contribution in [0.3, 0.4) is 0 Å². The summed E-state index contributed by atoms with van der Waals surface area (Å²) in [4.78, 5) is 35.3. The van der Waals surface area contributed by atoms with E-state index in [0.717, 1.165) is 0 Å². The number of para-hydroxylation sites is 1. The highest BCUT2D eigenvalue weighted by molar-refractivity contribution is 6.04. The van der Waals surface area contributed by atoms with Gasteiger partial charge in [-0.15, -0.1) is 0 Å². The molecule has 0 spiro atoms. The van der Waals surface area contributed by atoms with Crippen LogP contribution in [0.5, 0.6) is 0 Å². The molecule has 0 unspecified atom stereocenters. The van der Waals surface area contributed by atoms with Crippen molar-refractivity contribution in [3.8, 4) is 11.5 Å². The van der Waals surface area contributed by atoms with Crippen molar-refractivity contribution in [2.75, 3.05) is 0 Å². The standard InChI is InChI=1S/C14H11N7O2/c1-20-14(23)21-6-16-11(9(21)5-17-20)13-18-8-4-2-3-7(12(15)22)10(8)19-13/h2-6H,1H3,(H2,15,22)(H,18,19). The van der Waals surface area contributed by atoms with Crippen LogP contribution in [-0.2, 0) is 7.05 Å². The molecule has 1 aromatic carbocycles. The van der Waals surface area contributed by atoms with Crippen molar-refractivity contribution in [2.24, 2.45) is 12.8 Å². The summed E-state index contributed by atoms with van der Waals surface area (Å²) in [6.07, 6.45) is 2.95. The molecule has 114 valence electrons. The largest absolute Gasteiger partial charge is 0.366 e. The van der Waals surface area contributed by atoms with E-state index in [-0.39, 0.29) is 5.69 Å². The fourth-order valence-corrected chi connectivity index (χ4v) is 2.51. The second-order valence-corrected chi connectivity index (χ2v) is 5.05. The lowest BCUT2D eigenvalue weighted by Crippen LogP contribution is -2.25. The van der Waals surface area contributed by atoms with Gasteiger partial charge in [0, 0.05) is 7.05 Å². The first-order chi connectivity index (χ1) is 11.1. The monoisotopic (exact) mass is 309 g/mol. The first-order valence-electron chi connectivity index (χ1n) is 6.74. The fourth-order valence-electron chi connectivity index (χ4n) is 2.51. The average Bonchev–Trinajstić information content (AvgIpc) is 3.13. The Morgan fingerprint density at radius 1 is 1.35 bits per heavy atom. The number of primary amides is 1. The Morgan fingerprint density at radius 2 is 2.17 bits per heavy atom. The smallest absolute Gasteiger partial charge is 0.350 e. The van der Waals surface area contributed by atoms with Gasteiger partial charge in [-0.1, -0.05) is 6.07 Å². The molecular formula is C14H11N7O2. The Morgan fingerprint density at radius 3 is 2.96 bits per heavy atom. The Kier molecular flexibility index (Phi) is 2.58. The van der Waals surface area contributed by atoms with Gasteiger partial charge in [0.25, 0.3) is 5.91 Å². The third-order valence-corrected chi connectivity index (χ3v) is 3.64. The number of nitrogens with two attached hydrogens (primary N) is 1. The molecule has 3 aromatic heterocycles. The quantitative estimate of drug-likeness (QED) is 0.542. The van der Waals surface area contributed by atoms with Crippen molar-refractivity contribution in [1.29, 1.82) is 0 Å². The van der Waals surface area contributed by atoms with Gasteiger partial charge in [0.05, 0.1) is 17.3 Å². The normalized spacial score (nSPS) is 11.3. The number of imidazole rings is 2. The van der Waals surface area contributed by atoms with Gasteiger partial charge in [-0.05, 0) is 12.1 Å². The van der Waals surface area contributed by atoms with Gasteiger partial charge in [-0.3, -0.25) is 4.79 Å². The summed E-state index contributed by atoms with van der Waals surface area (Å²) in [6, 6.07) is 5.11. The Hall–Kier alpha value is -3.49. The van der Waals surface area contributed by atoms with Crippen molar-refractivity contribution in [3.05, 3.63) is 46.8 Å². The highest BCUT2D eigenvalue weighted by atomic mass is 16.2. The number of aryl methyl sites for hydroxylation is 1. The number of fused-ring (bicyclic) bond motifs is 2. The van der Waals surface area contributed by atoms with Gasteiger partial charge in [0.2, 0.25) is 0 Å². The van der Waals surface area contributed by atoms with Crippen LogP contribution in [0.4, 0.5) is 0 Å². The molecule has 0 aliphatic heterocycles. The third kappa shape index (κ3) is 1.83. The number of hydrogen-bond acceptors (Lipinski definition) is 5. The Bertz CT molecular complexity index is 1140. The molecule has 0 aliphatic carbocycles. The Balaban J connectivity index is 2.00. The first-order valence-corrected chi connectivity index (χ1v) is 6.74. The second-order valence-electron chi connectivity index (χ2n) is 5.05. The van der Waals surface area contributed by atoms with E-state index in [9.17, 15) is 9.59 Å². The number of carbonyl (C=O) groups excluding carboxylic acids is 1. The molecular weight excluding hydrogens is 298 g/mol. The number of benzene rings is 1. The zero-order valence-electron chi connectivity index (χ0n) is 12.0. The predicted molar refractivity (Wildman–Crippen MR) is 81.8 cm³/mol. The highest BCUT2D eigenvalue weighted by Crippen LogP contribution is 2.24. The maximum absolute atomic E-state index is 12.0. The number of hydrogen-bond donors (Lipinski definition) is 2. The minimum atomic E-state index is -0.557. The highest BCUT2D eigenvalue weighted by Gasteiger charge is 2.16. The zero-order valence-corrected chi connectivity index (χ0v) is 12.0. The van der Waals surface area contributed by atoms with Crippen molar-refractivity contribution < 1.29 is 4.79 Å². The van der Waals surface area contributed by atoms with E-state index in [1.165, 1.54) is 21.6 Å². The van der Waals surface area contributed by atoms with Crippen molar-refractivity contribution in [1.82, 2.24) is 29.1 Å². The van der Waals surface area contributed by atoms with Crippen LogP contribution >= 0.6 is 0 Å². The van der Waals surface area contributed by atoms with Crippen LogP contribution in [0.15, 0.2) is 35.5 Å². The van der Waals surface area contributed by atoms with E-state index in [0.29, 0.717) is 33.6 Å². The van der Waals surface area contributed by atoms with Crippen LogP contribution in [0.25, 0.3) is 28.1 Å².